The molecule has 1 amide bonds. The molecule has 0 spiro atoms. The SMILES string of the molecule is COc1ccc(-c2ccc(=O)n(CC(=O)NC3CCCCCC3)n2)c(F)c1. The molecule has 3 rings (SSSR count). The number of nitrogens with one attached hydrogen (secondary N) is 1. The standard InChI is InChI=1S/C20H24FN3O3/c1-27-15-8-9-16(17(21)12-15)18-10-11-20(26)24(23-18)13-19(25)22-14-6-4-2-3-5-7-14/h8-12,14H,2-7,13H2,1H3,(H,22,25). The van der Waals surface area contributed by atoms with Gasteiger partial charge in [0.15, 0.2) is 0 Å². The third kappa shape index (κ3) is 4.93. The van der Waals surface area contributed by atoms with Crippen LogP contribution in [0.2, 0.25) is 0 Å². The zero-order chi connectivity index (χ0) is 19.2. The molecule has 1 aromatic heterocycles. The summed E-state index contributed by atoms with van der Waals surface area (Å²) in [5.74, 6) is -0.355. The summed E-state index contributed by atoms with van der Waals surface area (Å²) in [6.45, 7) is -0.180. The van der Waals surface area contributed by atoms with E-state index in [1.807, 2.05) is 0 Å². The second kappa shape index (κ2) is 8.79. The predicted molar refractivity (Wildman–Crippen MR) is 100 cm³/mol. The van der Waals surface area contributed by atoms with Crippen molar-refractivity contribution in [2.24, 2.45) is 0 Å². The van der Waals surface area contributed by atoms with Gasteiger partial charge < -0.3 is 10.1 Å². The molecule has 6 nitrogen and oxygen atoms in total. The first-order valence-corrected chi connectivity index (χ1v) is 9.28. The van der Waals surface area contributed by atoms with Gasteiger partial charge in [-0.1, -0.05) is 25.7 Å². The largest absolute Gasteiger partial charge is 0.497 e. The maximum absolute atomic E-state index is 14.3. The van der Waals surface area contributed by atoms with Gasteiger partial charge >= 0.3 is 0 Å². The number of carbonyl (C=O) groups is 1. The monoisotopic (exact) mass is 373 g/mol. The van der Waals surface area contributed by atoms with Gasteiger partial charge in [-0.05, 0) is 31.0 Å². The second-order valence-corrected chi connectivity index (χ2v) is 6.82. The Morgan fingerprint density at radius 2 is 1.96 bits per heavy atom. The molecule has 0 saturated heterocycles. The van der Waals surface area contributed by atoms with Crippen LogP contribution in [0.4, 0.5) is 4.39 Å². The highest BCUT2D eigenvalue weighted by atomic mass is 19.1. The van der Waals surface area contributed by atoms with Gasteiger partial charge in [0, 0.05) is 23.7 Å². The van der Waals surface area contributed by atoms with Gasteiger partial charge in [0.2, 0.25) is 5.91 Å². The predicted octanol–water partition coefficient (Wildman–Crippen LogP) is 2.90. The smallest absolute Gasteiger partial charge is 0.267 e. The molecule has 1 fully saturated rings. The van der Waals surface area contributed by atoms with Crippen LogP contribution in [0.5, 0.6) is 5.75 Å². The molecule has 0 atom stereocenters. The zero-order valence-electron chi connectivity index (χ0n) is 15.4. The van der Waals surface area contributed by atoms with Crippen LogP contribution in [-0.4, -0.2) is 28.8 Å². The molecule has 1 saturated carbocycles. The lowest BCUT2D eigenvalue weighted by Crippen LogP contribution is -2.39. The van der Waals surface area contributed by atoms with E-state index in [9.17, 15) is 14.0 Å². The molecule has 0 radical (unpaired) electrons. The Balaban J connectivity index is 1.75. The fourth-order valence-electron chi connectivity index (χ4n) is 3.37. The Hall–Kier alpha value is -2.70. The maximum atomic E-state index is 14.3. The molecule has 1 aliphatic carbocycles. The Morgan fingerprint density at radius 1 is 1.22 bits per heavy atom. The van der Waals surface area contributed by atoms with Crippen molar-refractivity contribution in [2.75, 3.05) is 7.11 Å². The van der Waals surface area contributed by atoms with E-state index in [0.717, 1.165) is 30.4 Å². The van der Waals surface area contributed by atoms with Crippen LogP contribution in [0.1, 0.15) is 38.5 Å². The van der Waals surface area contributed by atoms with E-state index in [1.54, 1.807) is 6.07 Å². The van der Waals surface area contributed by atoms with Crippen molar-refractivity contribution in [3.05, 3.63) is 46.5 Å². The van der Waals surface area contributed by atoms with Crippen molar-refractivity contribution in [1.29, 1.82) is 0 Å². The lowest BCUT2D eigenvalue weighted by atomic mass is 10.1. The maximum Gasteiger partial charge on any atom is 0.267 e. The summed E-state index contributed by atoms with van der Waals surface area (Å²) >= 11 is 0. The van der Waals surface area contributed by atoms with Crippen LogP contribution in [0.25, 0.3) is 11.3 Å². The lowest BCUT2D eigenvalue weighted by molar-refractivity contribution is -0.122. The molecule has 0 bridgehead atoms. The van der Waals surface area contributed by atoms with Crippen molar-refractivity contribution in [1.82, 2.24) is 15.1 Å². The highest BCUT2D eigenvalue weighted by molar-refractivity contribution is 5.76. The molecule has 144 valence electrons. The third-order valence-corrected chi connectivity index (χ3v) is 4.83. The molecule has 2 aromatic rings. The minimum Gasteiger partial charge on any atom is -0.497 e. The molecule has 27 heavy (non-hydrogen) atoms. The van der Waals surface area contributed by atoms with Crippen LogP contribution in [0.15, 0.2) is 35.1 Å². The van der Waals surface area contributed by atoms with Crippen LogP contribution in [0, 0.1) is 5.82 Å². The van der Waals surface area contributed by atoms with Gasteiger partial charge in [-0.3, -0.25) is 9.59 Å². The number of carbonyl (C=O) groups excluding carboxylic acids is 1. The minimum absolute atomic E-state index is 0.151. The summed E-state index contributed by atoms with van der Waals surface area (Å²) in [6.07, 6.45) is 6.53. The number of rotatable bonds is 5. The van der Waals surface area contributed by atoms with Crippen LogP contribution >= 0.6 is 0 Å². The Morgan fingerprint density at radius 3 is 2.63 bits per heavy atom. The van der Waals surface area contributed by atoms with E-state index in [-0.39, 0.29) is 29.8 Å². The fraction of sp³-hybridized carbons (Fsp3) is 0.450. The van der Waals surface area contributed by atoms with Crippen LogP contribution in [-0.2, 0) is 11.3 Å². The van der Waals surface area contributed by atoms with Gasteiger partial charge in [-0.2, -0.15) is 5.10 Å². The molecular formula is C20H24FN3O3. The molecule has 7 heteroatoms. The first-order chi connectivity index (χ1) is 13.1. The van der Waals surface area contributed by atoms with E-state index in [4.69, 9.17) is 4.74 Å². The number of halogens is 1. The van der Waals surface area contributed by atoms with Gasteiger partial charge in [-0.15, -0.1) is 0 Å². The topological polar surface area (TPSA) is 73.2 Å². The van der Waals surface area contributed by atoms with E-state index in [1.165, 1.54) is 44.2 Å². The summed E-state index contributed by atoms with van der Waals surface area (Å²) in [4.78, 5) is 24.4. The van der Waals surface area contributed by atoms with Gasteiger partial charge in [-0.25, -0.2) is 9.07 Å². The summed E-state index contributed by atoms with van der Waals surface area (Å²) in [6, 6.07) is 7.31. The molecule has 1 aliphatic rings. The van der Waals surface area contributed by atoms with Crippen molar-refractivity contribution < 1.29 is 13.9 Å². The van der Waals surface area contributed by atoms with Gasteiger partial charge in [0.1, 0.15) is 18.1 Å². The summed E-state index contributed by atoms with van der Waals surface area (Å²) in [5, 5.41) is 7.16. The van der Waals surface area contributed by atoms with E-state index in [0.29, 0.717) is 5.75 Å². The number of hydrogen-bond acceptors (Lipinski definition) is 4. The molecule has 0 unspecified atom stereocenters. The van der Waals surface area contributed by atoms with Crippen LogP contribution in [0.3, 0.4) is 0 Å². The molecular weight excluding hydrogens is 349 g/mol. The first-order valence-electron chi connectivity index (χ1n) is 9.28. The fourth-order valence-corrected chi connectivity index (χ4v) is 3.37. The molecule has 0 aliphatic heterocycles. The van der Waals surface area contributed by atoms with Crippen molar-refractivity contribution in [3.63, 3.8) is 0 Å². The summed E-state index contributed by atoms with van der Waals surface area (Å²) in [5.41, 5.74) is 0.134. The summed E-state index contributed by atoms with van der Waals surface area (Å²) in [7, 11) is 1.46. The zero-order valence-corrected chi connectivity index (χ0v) is 15.4. The normalized spacial score (nSPS) is 15.2. The van der Waals surface area contributed by atoms with Crippen molar-refractivity contribution in [3.8, 4) is 17.0 Å². The number of methoxy groups -OCH3 is 1. The number of ether oxygens (including phenoxy) is 1. The van der Waals surface area contributed by atoms with Crippen LogP contribution < -0.4 is 15.6 Å². The van der Waals surface area contributed by atoms with E-state index < -0.39 is 11.4 Å². The average Bonchev–Trinajstić information content (AvgIpc) is 2.92. The van der Waals surface area contributed by atoms with Gasteiger partial charge in [0.25, 0.3) is 5.56 Å². The Bertz CT molecular complexity index is 858. The van der Waals surface area contributed by atoms with E-state index >= 15 is 0 Å². The number of benzene rings is 1. The molecule has 1 aromatic carbocycles. The van der Waals surface area contributed by atoms with Gasteiger partial charge in [0.05, 0.1) is 12.8 Å². The second-order valence-electron chi connectivity index (χ2n) is 6.82. The number of nitrogens with zero attached hydrogens (tertiary/aromatic N) is 2. The van der Waals surface area contributed by atoms with Crippen molar-refractivity contribution in [2.45, 2.75) is 51.1 Å². The van der Waals surface area contributed by atoms with Crippen molar-refractivity contribution >= 4 is 5.91 Å². The Kier molecular flexibility index (Phi) is 6.21. The highest BCUT2D eigenvalue weighted by Crippen LogP contribution is 2.24. The molecule has 1 heterocycles. The third-order valence-electron chi connectivity index (χ3n) is 4.83. The van der Waals surface area contributed by atoms with E-state index in [2.05, 4.69) is 10.4 Å². The first kappa shape index (κ1) is 19.1. The molecule has 1 N–H and O–H groups in total. The lowest BCUT2D eigenvalue weighted by Gasteiger charge is -2.16. The average molecular weight is 373 g/mol. The number of amides is 1. The Labute approximate surface area is 157 Å². The minimum atomic E-state index is -0.505. The quantitative estimate of drug-likeness (QED) is 0.818. The number of hydrogen-bond donors (Lipinski definition) is 1. The number of aromatic nitrogens is 2. The summed E-state index contributed by atoms with van der Waals surface area (Å²) < 4.78 is 20.3. The highest BCUT2D eigenvalue weighted by Gasteiger charge is 2.16.